The summed E-state index contributed by atoms with van der Waals surface area (Å²) in [7, 11) is 0. The van der Waals surface area contributed by atoms with Crippen LogP contribution in [0.15, 0.2) is 4.99 Å². The standard InChI is InChI=1S/C9H21N3O/c1-3-7-13-8-5-6-12-9(10)11-4-2/h3-8H2,1-2H3,(H3,10,11,12). The van der Waals surface area contributed by atoms with E-state index in [0.29, 0.717) is 5.96 Å². The lowest BCUT2D eigenvalue weighted by atomic mass is 10.4. The van der Waals surface area contributed by atoms with E-state index in [0.717, 1.165) is 39.1 Å². The Bertz CT molecular complexity index is 137. The summed E-state index contributed by atoms with van der Waals surface area (Å²) < 4.78 is 5.29. The Morgan fingerprint density at radius 3 is 2.77 bits per heavy atom. The number of rotatable bonds is 7. The SMILES string of the molecule is CCCOCCCN=C(N)NCC. The van der Waals surface area contributed by atoms with Gasteiger partial charge in [0.05, 0.1) is 0 Å². The summed E-state index contributed by atoms with van der Waals surface area (Å²) in [5.41, 5.74) is 5.52. The van der Waals surface area contributed by atoms with Crippen LogP contribution in [0.5, 0.6) is 0 Å². The molecule has 0 aromatic heterocycles. The third kappa shape index (κ3) is 9.14. The molecule has 78 valence electrons. The second-order valence-electron chi connectivity index (χ2n) is 2.76. The van der Waals surface area contributed by atoms with Crippen molar-refractivity contribution in [2.45, 2.75) is 26.7 Å². The molecular formula is C9H21N3O. The fraction of sp³-hybridized carbons (Fsp3) is 0.889. The van der Waals surface area contributed by atoms with Gasteiger partial charge in [-0.2, -0.15) is 0 Å². The van der Waals surface area contributed by atoms with Crippen molar-refractivity contribution in [3.05, 3.63) is 0 Å². The maximum Gasteiger partial charge on any atom is 0.188 e. The molecule has 0 heterocycles. The monoisotopic (exact) mass is 187 g/mol. The molecular weight excluding hydrogens is 166 g/mol. The summed E-state index contributed by atoms with van der Waals surface area (Å²) in [6.07, 6.45) is 2.01. The van der Waals surface area contributed by atoms with Gasteiger partial charge in [0, 0.05) is 26.3 Å². The van der Waals surface area contributed by atoms with Gasteiger partial charge in [-0.1, -0.05) is 6.92 Å². The first-order chi connectivity index (χ1) is 6.31. The van der Waals surface area contributed by atoms with E-state index < -0.39 is 0 Å². The van der Waals surface area contributed by atoms with Gasteiger partial charge in [-0.05, 0) is 19.8 Å². The second kappa shape index (κ2) is 9.32. The minimum absolute atomic E-state index is 0.526. The number of aliphatic imine (C=N–C) groups is 1. The highest BCUT2D eigenvalue weighted by atomic mass is 16.5. The first-order valence-electron chi connectivity index (χ1n) is 4.92. The van der Waals surface area contributed by atoms with Crippen LogP contribution in [0.3, 0.4) is 0 Å². The summed E-state index contributed by atoms with van der Waals surface area (Å²) in [5.74, 6) is 0.526. The lowest BCUT2D eigenvalue weighted by molar-refractivity contribution is 0.134. The number of hydrogen-bond donors (Lipinski definition) is 2. The molecule has 0 saturated heterocycles. The van der Waals surface area contributed by atoms with Gasteiger partial charge in [0.1, 0.15) is 0 Å². The maximum absolute atomic E-state index is 5.52. The molecule has 0 spiro atoms. The first kappa shape index (κ1) is 12.2. The molecule has 0 aliphatic rings. The number of guanidine groups is 1. The second-order valence-corrected chi connectivity index (χ2v) is 2.76. The maximum atomic E-state index is 5.52. The zero-order valence-corrected chi connectivity index (χ0v) is 8.68. The summed E-state index contributed by atoms with van der Waals surface area (Å²) in [6, 6.07) is 0. The van der Waals surface area contributed by atoms with Crippen LogP contribution >= 0.6 is 0 Å². The van der Waals surface area contributed by atoms with E-state index in [-0.39, 0.29) is 0 Å². The Balaban J connectivity index is 3.18. The Morgan fingerprint density at radius 2 is 2.15 bits per heavy atom. The molecule has 0 radical (unpaired) electrons. The minimum Gasteiger partial charge on any atom is -0.381 e. The van der Waals surface area contributed by atoms with Crippen molar-refractivity contribution in [1.29, 1.82) is 0 Å². The average molecular weight is 187 g/mol. The zero-order valence-electron chi connectivity index (χ0n) is 8.68. The zero-order chi connectivity index (χ0) is 9.94. The first-order valence-corrected chi connectivity index (χ1v) is 4.92. The van der Waals surface area contributed by atoms with Crippen LogP contribution in [0, 0.1) is 0 Å². The predicted molar refractivity (Wildman–Crippen MR) is 55.9 cm³/mol. The molecule has 0 bridgehead atoms. The van der Waals surface area contributed by atoms with Gasteiger partial charge < -0.3 is 15.8 Å². The molecule has 4 heteroatoms. The van der Waals surface area contributed by atoms with Crippen molar-refractivity contribution >= 4 is 5.96 Å². The van der Waals surface area contributed by atoms with E-state index in [4.69, 9.17) is 10.5 Å². The van der Waals surface area contributed by atoms with Crippen molar-refractivity contribution < 1.29 is 4.74 Å². The van der Waals surface area contributed by atoms with Crippen molar-refractivity contribution in [1.82, 2.24) is 5.32 Å². The number of nitrogens with one attached hydrogen (secondary N) is 1. The van der Waals surface area contributed by atoms with Crippen molar-refractivity contribution in [2.75, 3.05) is 26.3 Å². The van der Waals surface area contributed by atoms with E-state index >= 15 is 0 Å². The van der Waals surface area contributed by atoms with E-state index in [2.05, 4.69) is 17.2 Å². The van der Waals surface area contributed by atoms with Gasteiger partial charge in [-0.3, -0.25) is 4.99 Å². The lowest BCUT2D eigenvalue weighted by Crippen LogP contribution is -2.31. The van der Waals surface area contributed by atoms with E-state index in [9.17, 15) is 0 Å². The van der Waals surface area contributed by atoms with Gasteiger partial charge in [0.2, 0.25) is 0 Å². The normalized spacial score (nSPS) is 11.7. The van der Waals surface area contributed by atoms with Gasteiger partial charge in [0.15, 0.2) is 5.96 Å². The quantitative estimate of drug-likeness (QED) is 0.351. The Kier molecular flexibility index (Phi) is 8.77. The number of ether oxygens (including phenoxy) is 1. The van der Waals surface area contributed by atoms with Crippen LogP contribution in [0.2, 0.25) is 0 Å². The van der Waals surface area contributed by atoms with Gasteiger partial charge >= 0.3 is 0 Å². The molecule has 4 nitrogen and oxygen atoms in total. The molecule has 0 aliphatic carbocycles. The molecule has 0 saturated carbocycles. The van der Waals surface area contributed by atoms with E-state index in [1.54, 1.807) is 0 Å². The van der Waals surface area contributed by atoms with Gasteiger partial charge in [-0.25, -0.2) is 0 Å². The van der Waals surface area contributed by atoms with Crippen LogP contribution in [0.4, 0.5) is 0 Å². The van der Waals surface area contributed by atoms with Crippen LogP contribution in [-0.2, 0) is 4.74 Å². The smallest absolute Gasteiger partial charge is 0.188 e. The highest BCUT2D eigenvalue weighted by Gasteiger charge is 1.88. The Labute approximate surface area is 80.6 Å². The highest BCUT2D eigenvalue weighted by molar-refractivity contribution is 5.77. The molecule has 0 aliphatic heterocycles. The van der Waals surface area contributed by atoms with Crippen molar-refractivity contribution in [3.63, 3.8) is 0 Å². The molecule has 0 fully saturated rings. The summed E-state index contributed by atoms with van der Waals surface area (Å²) in [5, 5.41) is 2.93. The predicted octanol–water partition coefficient (Wildman–Crippen LogP) is 0.727. The number of nitrogens with zero attached hydrogens (tertiary/aromatic N) is 1. The summed E-state index contributed by atoms with van der Waals surface area (Å²) in [6.45, 7) is 7.27. The topological polar surface area (TPSA) is 59.6 Å². The van der Waals surface area contributed by atoms with Crippen molar-refractivity contribution in [3.8, 4) is 0 Å². The fourth-order valence-electron chi connectivity index (χ4n) is 0.850. The highest BCUT2D eigenvalue weighted by Crippen LogP contribution is 1.85. The largest absolute Gasteiger partial charge is 0.381 e. The minimum atomic E-state index is 0.526. The number of nitrogens with two attached hydrogens (primary N) is 1. The molecule has 0 aromatic rings. The van der Waals surface area contributed by atoms with E-state index in [1.165, 1.54) is 0 Å². The Hall–Kier alpha value is -0.770. The third-order valence-corrected chi connectivity index (χ3v) is 1.44. The number of hydrogen-bond acceptors (Lipinski definition) is 2. The van der Waals surface area contributed by atoms with Gasteiger partial charge in [0.25, 0.3) is 0 Å². The van der Waals surface area contributed by atoms with Crippen molar-refractivity contribution in [2.24, 2.45) is 10.7 Å². The molecule has 0 amide bonds. The van der Waals surface area contributed by atoms with Crippen LogP contribution in [0.25, 0.3) is 0 Å². The average Bonchev–Trinajstić information content (AvgIpc) is 2.11. The summed E-state index contributed by atoms with van der Waals surface area (Å²) >= 11 is 0. The molecule has 3 N–H and O–H groups in total. The van der Waals surface area contributed by atoms with Gasteiger partial charge in [-0.15, -0.1) is 0 Å². The van der Waals surface area contributed by atoms with Crippen LogP contribution < -0.4 is 11.1 Å². The fourth-order valence-corrected chi connectivity index (χ4v) is 0.850. The molecule has 0 atom stereocenters. The molecule has 0 rings (SSSR count). The molecule has 0 aromatic carbocycles. The Morgan fingerprint density at radius 1 is 1.38 bits per heavy atom. The van der Waals surface area contributed by atoms with Crippen LogP contribution in [-0.4, -0.2) is 32.3 Å². The lowest BCUT2D eigenvalue weighted by Gasteiger charge is -2.02. The van der Waals surface area contributed by atoms with E-state index in [1.807, 2.05) is 6.92 Å². The van der Waals surface area contributed by atoms with Crippen LogP contribution in [0.1, 0.15) is 26.7 Å². The molecule has 13 heavy (non-hydrogen) atoms. The molecule has 0 unspecified atom stereocenters. The third-order valence-electron chi connectivity index (χ3n) is 1.44. The summed E-state index contributed by atoms with van der Waals surface area (Å²) in [4.78, 5) is 4.11.